The second-order valence-corrected chi connectivity index (χ2v) is 5.45. The molecule has 96 valence electrons. The molecule has 0 radical (unpaired) electrons. The van der Waals surface area contributed by atoms with Crippen LogP contribution in [0.25, 0.3) is 0 Å². The average Bonchev–Trinajstić information content (AvgIpc) is 2.43. The molecule has 1 heterocycles. The molecule has 0 atom stereocenters. The standard InChI is InChI=1S/C10H18BClN2O3/c1-9(2,15)10(3,4)17-11(16)8-7(12)6-13-14(8)5/h6,15-16H,1-5H3. The Kier molecular flexibility index (Phi) is 3.93. The average molecular weight is 261 g/mol. The third-order valence-corrected chi connectivity index (χ3v) is 3.34. The predicted molar refractivity (Wildman–Crippen MR) is 67.3 cm³/mol. The second kappa shape index (κ2) is 4.61. The quantitative estimate of drug-likeness (QED) is 0.766. The van der Waals surface area contributed by atoms with Crippen molar-refractivity contribution in [2.45, 2.75) is 38.9 Å². The third kappa shape index (κ3) is 3.01. The predicted octanol–water partition coefficient (Wildman–Crippen LogP) is 0.327. The largest absolute Gasteiger partial charge is 0.512 e. The molecule has 0 aliphatic carbocycles. The van der Waals surface area contributed by atoms with E-state index < -0.39 is 18.3 Å². The fourth-order valence-electron chi connectivity index (χ4n) is 1.18. The van der Waals surface area contributed by atoms with E-state index in [1.165, 1.54) is 10.9 Å². The van der Waals surface area contributed by atoms with E-state index in [1.807, 2.05) is 0 Å². The van der Waals surface area contributed by atoms with Crippen molar-refractivity contribution in [2.75, 3.05) is 0 Å². The van der Waals surface area contributed by atoms with Gasteiger partial charge in [-0.25, -0.2) is 0 Å². The summed E-state index contributed by atoms with van der Waals surface area (Å²) in [5.41, 5.74) is -1.66. The molecule has 0 unspecified atom stereocenters. The molecule has 0 aliphatic rings. The molecule has 0 saturated carbocycles. The summed E-state index contributed by atoms with van der Waals surface area (Å²) in [6.45, 7) is 6.62. The summed E-state index contributed by atoms with van der Waals surface area (Å²) in [5.74, 6) is 0. The van der Waals surface area contributed by atoms with Gasteiger partial charge in [0.15, 0.2) is 0 Å². The topological polar surface area (TPSA) is 67.5 Å². The number of aryl methyl sites for hydroxylation is 1. The lowest BCUT2D eigenvalue weighted by Gasteiger charge is -2.38. The van der Waals surface area contributed by atoms with Gasteiger partial charge in [-0.1, -0.05) is 11.6 Å². The fourth-order valence-corrected chi connectivity index (χ4v) is 1.44. The number of nitrogens with zero attached hydrogens (tertiary/aromatic N) is 2. The van der Waals surface area contributed by atoms with Crippen molar-refractivity contribution in [1.82, 2.24) is 9.78 Å². The van der Waals surface area contributed by atoms with E-state index in [2.05, 4.69) is 5.10 Å². The molecule has 1 aromatic rings. The zero-order valence-electron chi connectivity index (χ0n) is 10.7. The number of hydrogen-bond donors (Lipinski definition) is 2. The van der Waals surface area contributed by atoms with Gasteiger partial charge < -0.3 is 14.8 Å². The summed E-state index contributed by atoms with van der Waals surface area (Å²) in [7, 11) is 0.418. The summed E-state index contributed by atoms with van der Waals surface area (Å²) in [6, 6.07) is 0. The minimum atomic E-state index is -1.24. The van der Waals surface area contributed by atoms with Crippen molar-refractivity contribution in [2.24, 2.45) is 7.05 Å². The van der Waals surface area contributed by atoms with E-state index in [0.29, 0.717) is 10.6 Å². The summed E-state index contributed by atoms with van der Waals surface area (Å²) in [6.07, 6.45) is 1.43. The monoisotopic (exact) mass is 260 g/mol. The van der Waals surface area contributed by atoms with Crippen molar-refractivity contribution >= 4 is 24.3 Å². The van der Waals surface area contributed by atoms with Crippen molar-refractivity contribution in [3.8, 4) is 0 Å². The Morgan fingerprint density at radius 3 is 2.29 bits per heavy atom. The Balaban J connectivity index is 2.91. The number of aromatic nitrogens is 2. The molecular formula is C10H18BClN2O3. The van der Waals surface area contributed by atoms with Crippen LogP contribution in [-0.2, 0) is 11.7 Å². The highest BCUT2D eigenvalue weighted by Crippen LogP contribution is 2.25. The summed E-state index contributed by atoms with van der Waals surface area (Å²) >= 11 is 5.90. The molecule has 2 N–H and O–H groups in total. The minimum Gasteiger partial charge on any atom is -0.422 e. The molecule has 7 heteroatoms. The highest BCUT2D eigenvalue weighted by atomic mass is 35.5. The maximum absolute atomic E-state index is 9.99. The van der Waals surface area contributed by atoms with Crippen molar-refractivity contribution < 1.29 is 14.8 Å². The first kappa shape index (κ1) is 14.5. The molecule has 5 nitrogen and oxygen atoms in total. The Morgan fingerprint density at radius 1 is 1.41 bits per heavy atom. The van der Waals surface area contributed by atoms with Gasteiger partial charge in [-0.2, -0.15) is 5.10 Å². The molecular weight excluding hydrogens is 242 g/mol. The molecule has 0 aromatic carbocycles. The maximum Gasteiger partial charge on any atom is 0.512 e. The van der Waals surface area contributed by atoms with Gasteiger partial charge in [-0.15, -0.1) is 0 Å². The number of hydrogen-bond acceptors (Lipinski definition) is 4. The lowest BCUT2D eigenvalue weighted by molar-refractivity contribution is -0.0984. The van der Waals surface area contributed by atoms with Gasteiger partial charge in [0.05, 0.1) is 28.0 Å². The van der Waals surface area contributed by atoms with E-state index in [4.69, 9.17) is 16.3 Å². The van der Waals surface area contributed by atoms with Crippen LogP contribution in [0.5, 0.6) is 0 Å². The minimum absolute atomic E-state index is 0.326. The summed E-state index contributed by atoms with van der Waals surface area (Å²) in [5, 5.41) is 24.2. The molecule has 0 amide bonds. The Labute approximate surface area is 106 Å². The molecule has 0 aliphatic heterocycles. The Morgan fingerprint density at radius 2 is 1.94 bits per heavy atom. The van der Waals surface area contributed by atoms with Crippen LogP contribution in [0.15, 0.2) is 6.20 Å². The van der Waals surface area contributed by atoms with E-state index in [1.54, 1.807) is 34.7 Å². The zero-order valence-corrected chi connectivity index (χ0v) is 11.5. The van der Waals surface area contributed by atoms with E-state index in [9.17, 15) is 10.1 Å². The highest BCUT2D eigenvalue weighted by molar-refractivity contribution is 6.63. The first-order valence-corrected chi connectivity index (χ1v) is 5.69. The Bertz CT molecular complexity index is 381. The molecule has 0 bridgehead atoms. The van der Waals surface area contributed by atoms with Crippen LogP contribution < -0.4 is 5.59 Å². The highest BCUT2D eigenvalue weighted by Gasteiger charge is 2.40. The van der Waals surface area contributed by atoms with Crippen LogP contribution in [-0.4, -0.2) is 38.2 Å². The lowest BCUT2D eigenvalue weighted by Crippen LogP contribution is -2.54. The maximum atomic E-state index is 9.99. The van der Waals surface area contributed by atoms with Gasteiger partial charge in [-0.05, 0) is 27.7 Å². The van der Waals surface area contributed by atoms with Crippen molar-refractivity contribution in [1.29, 1.82) is 0 Å². The summed E-state index contributed by atoms with van der Waals surface area (Å²) in [4.78, 5) is 0. The van der Waals surface area contributed by atoms with Gasteiger partial charge in [0.1, 0.15) is 0 Å². The first-order chi connectivity index (χ1) is 7.56. The SMILES string of the molecule is Cn1ncc(Cl)c1B(O)OC(C)(C)C(C)(C)O. The summed E-state index contributed by atoms with van der Waals surface area (Å²) < 4.78 is 6.91. The van der Waals surface area contributed by atoms with E-state index in [0.717, 1.165) is 0 Å². The molecule has 0 spiro atoms. The molecule has 17 heavy (non-hydrogen) atoms. The van der Waals surface area contributed by atoms with Crippen molar-refractivity contribution in [3.63, 3.8) is 0 Å². The van der Waals surface area contributed by atoms with Gasteiger partial charge in [0, 0.05) is 7.05 Å². The first-order valence-electron chi connectivity index (χ1n) is 5.32. The normalized spacial score (nSPS) is 12.9. The molecule has 1 rings (SSSR count). The van der Waals surface area contributed by atoms with Crippen LogP contribution in [0.1, 0.15) is 27.7 Å². The third-order valence-electron chi connectivity index (χ3n) is 3.05. The van der Waals surface area contributed by atoms with Gasteiger partial charge in [0.25, 0.3) is 0 Å². The molecule has 1 aromatic heterocycles. The Hall–Kier alpha value is -0.555. The van der Waals surface area contributed by atoms with Gasteiger partial charge in [-0.3, -0.25) is 4.68 Å². The molecule has 0 saturated heterocycles. The number of halogens is 1. The number of aliphatic hydroxyl groups is 1. The molecule has 0 fully saturated rings. The van der Waals surface area contributed by atoms with E-state index in [-0.39, 0.29) is 0 Å². The smallest absolute Gasteiger partial charge is 0.422 e. The number of rotatable bonds is 4. The van der Waals surface area contributed by atoms with Gasteiger partial charge in [0.2, 0.25) is 0 Å². The van der Waals surface area contributed by atoms with Crippen LogP contribution in [0.2, 0.25) is 5.02 Å². The lowest BCUT2D eigenvalue weighted by atomic mass is 9.80. The van der Waals surface area contributed by atoms with Crippen LogP contribution in [0.3, 0.4) is 0 Å². The van der Waals surface area contributed by atoms with Crippen LogP contribution >= 0.6 is 11.6 Å². The van der Waals surface area contributed by atoms with Crippen LogP contribution in [0.4, 0.5) is 0 Å². The van der Waals surface area contributed by atoms with Crippen LogP contribution in [0, 0.1) is 0 Å². The zero-order chi connectivity index (χ0) is 13.4. The second-order valence-electron chi connectivity index (χ2n) is 5.04. The fraction of sp³-hybridized carbons (Fsp3) is 0.700. The van der Waals surface area contributed by atoms with Crippen molar-refractivity contribution in [3.05, 3.63) is 11.2 Å². The van der Waals surface area contributed by atoms with Gasteiger partial charge >= 0.3 is 7.12 Å². The van der Waals surface area contributed by atoms with E-state index >= 15 is 0 Å².